The van der Waals surface area contributed by atoms with Gasteiger partial charge in [0.15, 0.2) is 0 Å². The SMILES string of the molecule is Cn1ncc(Br)c1NC(=O)CN1CCCCC1. The molecule has 1 aliphatic rings. The van der Waals surface area contributed by atoms with Crippen LogP contribution in [0.15, 0.2) is 10.7 Å². The molecule has 0 aromatic carbocycles. The molecule has 0 radical (unpaired) electrons. The van der Waals surface area contributed by atoms with Gasteiger partial charge in [0, 0.05) is 7.05 Å². The minimum atomic E-state index is 0.0243. The van der Waals surface area contributed by atoms with Gasteiger partial charge in [-0.05, 0) is 41.9 Å². The van der Waals surface area contributed by atoms with Crippen molar-refractivity contribution in [2.24, 2.45) is 7.05 Å². The highest BCUT2D eigenvalue weighted by Crippen LogP contribution is 2.20. The van der Waals surface area contributed by atoms with Crippen molar-refractivity contribution in [1.29, 1.82) is 0 Å². The number of hydrogen-bond donors (Lipinski definition) is 1. The number of anilines is 1. The van der Waals surface area contributed by atoms with E-state index in [4.69, 9.17) is 0 Å². The molecule has 1 amide bonds. The number of aromatic nitrogens is 2. The lowest BCUT2D eigenvalue weighted by Gasteiger charge is -2.25. The third-order valence-electron chi connectivity index (χ3n) is 2.97. The fourth-order valence-corrected chi connectivity index (χ4v) is 2.49. The van der Waals surface area contributed by atoms with Gasteiger partial charge in [0.1, 0.15) is 5.82 Å². The summed E-state index contributed by atoms with van der Waals surface area (Å²) in [4.78, 5) is 14.1. The predicted molar refractivity (Wildman–Crippen MR) is 69.8 cm³/mol. The van der Waals surface area contributed by atoms with Crippen molar-refractivity contribution in [1.82, 2.24) is 14.7 Å². The highest BCUT2D eigenvalue weighted by Gasteiger charge is 2.15. The number of likely N-dealkylation sites (tertiary alicyclic amines) is 1. The number of nitrogens with zero attached hydrogens (tertiary/aromatic N) is 3. The molecule has 1 aromatic heterocycles. The Kier molecular flexibility index (Phi) is 4.17. The third kappa shape index (κ3) is 3.29. The van der Waals surface area contributed by atoms with Gasteiger partial charge in [-0.1, -0.05) is 6.42 Å². The van der Waals surface area contributed by atoms with Crippen molar-refractivity contribution in [3.05, 3.63) is 10.7 Å². The Morgan fingerprint density at radius 3 is 2.76 bits per heavy atom. The molecule has 6 heteroatoms. The van der Waals surface area contributed by atoms with Crippen molar-refractivity contribution < 1.29 is 4.79 Å². The van der Waals surface area contributed by atoms with Crippen molar-refractivity contribution in [3.63, 3.8) is 0 Å². The van der Waals surface area contributed by atoms with Crippen LogP contribution in [0.4, 0.5) is 5.82 Å². The first-order valence-electron chi connectivity index (χ1n) is 5.86. The molecule has 2 rings (SSSR count). The molecule has 0 atom stereocenters. The molecule has 0 bridgehead atoms. The van der Waals surface area contributed by atoms with Crippen LogP contribution in [0, 0.1) is 0 Å². The van der Waals surface area contributed by atoms with Gasteiger partial charge in [-0.25, -0.2) is 0 Å². The number of amides is 1. The van der Waals surface area contributed by atoms with Crippen LogP contribution in [0.3, 0.4) is 0 Å². The fraction of sp³-hybridized carbons (Fsp3) is 0.636. The first-order valence-corrected chi connectivity index (χ1v) is 6.66. The summed E-state index contributed by atoms with van der Waals surface area (Å²) in [5.41, 5.74) is 0. The fourth-order valence-electron chi connectivity index (χ4n) is 2.04. The summed E-state index contributed by atoms with van der Waals surface area (Å²) in [6.07, 6.45) is 5.35. The van der Waals surface area contributed by atoms with Crippen molar-refractivity contribution >= 4 is 27.7 Å². The molecular formula is C11H17BrN4O. The Morgan fingerprint density at radius 1 is 1.47 bits per heavy atom. The van der Waals surface area contributed by atoms with Crippen LogP contribution in [0.1, 0.15) is 19.3 Å². The van der Waals surface area contributed by atoms with Gasteiger partial charge in [0.2, 0.25) is 5.91 Å². The van der Waals surface area contributed by atoms with Crippen LogP contribution in [0.2, 0.25) is 0 Å². The van der Waals surface area contributed by atoms with Gasteiger partial charge in [0.05, 0.1) is 17.2 Å². The van der Waals surface area contributed by atoms with E-state index in [1.54, 1.807) is 17.9 Å². The summed E-state index contributed by atoms with van der Waals surface area (Å²) in [7, 11) is 1.81. The van der Waals surface area contributed by atoms with Gasteiger partial charge in [0.25, 0.3) is 0 Å². The molecule has 1 aromatic rings. The average Bonchev–Trinajstić information content (AvgIpc) is 2.62. The number of hydrogen-bond acceptors (Lipinski definition) is 3. The Balaban J connectivity index is 1.88. The van der Waals surface area contributed by atoms with Crippen molar-refractivity contribution in [2.45, 2.75) is 19.3 Å². The number of carbonyl (C=O) groups is 1. The lowest BCUT2D eigenvalue weighted by atomic mass is 10.1. The standard InChI is InChI=1S/C11H17BrN4O/c1-15-11(9(12)7-13-15)14-10(17)8-16-5-3-2-4-6-16/h7H,2-6,8H2,1H3,(H,14,17). The van der Waals surface area contributed by atoms with Crippen molar-refractivity contribution in [3.8, 4) is 0 Å². The van der Waals surface area contributed by atoms with E-state index in [1.807, 2.05) is 0 Å². The Hall–Kier alpha value is -0.880. The van der Waals surface area contributed by atoms with E-state index in [-0.39, 0.29) is 5.91 Å². The molecule has 0 aliphatic carbocycles. The number of nitrogens with one attached hydrogen (secondary N) is 1. The summed E-state index contributed by atoms with van der Waals surface area (Å²) in [5.74, 6) is 0.739. The maximum absolute atomic E-state index is 11.9. The van der Waals surface area contributed by atoms with E-state index in [1.165, 1.54) is 19.3 Å². The van der Waals surface area contributed by atoms with Crippen LogP contribution in [0.25, 0.3) is 0 Å². The highest BCUT2D eigenvalue weighted by molar-refractivity contribution is 9.10. The van der Waals surface area contributed by atoms with E-state index in [0.717, 1.165) is 17.6 Å². The Labute approximate surface area is 109 Å². The molecule has 1 aliphatic heterocycles. The number of rotatable bonds is 3. The van der Waals surface area contributed by atoms with Crippen LogP contribution < -0.4 is 5.32 Å². The second-order valence-corrected chi connectivity index (χ2v) is 5.20. The van der Waals surface area contributed by atoms with Crippen LogP contribution in [-0.2, 0) is 11.8 Å². The molecule has 1 fully saturated rings. The second-order valence-electron chi connectivity index (χ2n) is 4.35. The second kappa shape index (κ2) is 5.64. The monoisotopic (exact) mass is 300 g/mol. The lowest BCUT2D eigenvalue weighted by molar-refractivity contribution is -0.117. The first kappa shape index (κ1) is 12.6. The molecular weight excluding hydrogens is 284 g/mol. The summed E-state index contributed by atoms with van der Waals surface area (Å²) in [5, 5.41) is 6.94. The average molecular weight is 301 g/mol. The van der Waals surface area contributed by atoms with Gasteiger partial charge in [-0.15, -0.1) is 0 Å². The summed E-state index contributed by atoms with van der Waals surface area (Å²) >= 11 is 3.36. The Morgan fingerprint density at radius 2 is 2.18 bits per heavy atom. The van der Waals surface area contributed by atoms with Gasteiger partial charge < -0.3 is 5.32 Å². The quantitative estimate of drug-likeness (QED) is 0.923. The molecule has 1 N–H and O–H groups in total. The normalized spacial score (nSPS) is 17.1. The molecule has 0 spiro atoms. The Bertz CT molecular complexity index is 379. The van der Waals surface area contributed by atoms with E-state index in [2.05, 4.69) is 31.2 Å². The van der Waals surface area contributed by atoms with E-state index >= 15 is 0 Å². The minimum Gasteiger partial charge on any atom is -0.309 e. The molecule has 5 nitrogen and oxygen atoms in total. The smallest absolute Gasteiger partial charge is 0.239 e. The number of aryl methyl sites for hydroxylation is 1. The zero-order valence-corrected chi connectivity index (χ0v) is 11.5. The van der Waals surface area contributed by atoms with E-state index < -0.39 is 0 Å². The summed E-state index contributed by atoms with van der Waals surface area (Å²) < 4.78 is 2.46. The minimum absolute atomic E-state index is 0.0243. The van der Waals surface area contributed by atoms with Gasteiger partial charge >= 0.3 is 0 Å². The number of halogens is 1. The molecule has 17 heavy (non-hydrogen) atoms. The van der Waals surface area contributed by atoms with Crippen LogP contribution >= 0.6 is 15.9 Å². The summed E-state index contributed by atoms with van der Waals surface area (Å²) in [6, 6.07) is 0. The molecule has 0 saturated carbocycles. The van der Waals surface area contributed by atoms with Crippen LogP contribution in [0.5, 0.6) is 0 Å². The highest BCUT2D eigenvalue weighted by atomic mass is 79.9. The number of piperidine rings is 1. The lowest BCUT2D eigenvalue weighted by Crippen LogP contribution is -2.37. The molecule has 0 unspecified atom stereocenters. The van der Waals surface area contributed by atoms with Crippen molar-refractivity contribution in [2.75, 3.05) is 25.0 Å². The first-order chi connectivity index (χ1) is 8.16. The van der Waals surface area contributed by atoms with Gasteiger partial charge in [-0.3, -0.25) is 14.4 Å². The number of carbonyl (C=O) groups excluding carboxylic acids is 1. The molecule has 1 saturated heterocycles. The third-order valence-corrected chi connectivity index (χ3v) is 3.55. The maximum Gasteiger partial charge on any atom is 0.239 e. The predicted octanol–water partition coefficient (Wildman–Crippen LogP) is 1.61. The topological polar surface area (TPSA) is 50.2 Å². The zero-order chi connectivity index (χ0) is 12.3. The largest absolute Gasteiger partial charge is 0.309 e. The van der Waals surface area contributed by atoms with Gasteiger partial charge in [-0.2, -0.15) is 5.10 Å². The van der Waals surface area contributed by atoms with Crippen LogP contribution in [-0.4, -0.2) is 40.2 Å². The molecule has 2 heterocycles. The van der Waals surface area contributed by atoms with E-state index in [9.17, 15) is 4.79 Å². The zero-order valence-electron chi connectivity index (χ0n) is 9.95. The molecule has 94 valence electrons. The van der Waals surface area contributed by atoms with E-state index in [0.29, 0.717) is 12.4 Å². The maximum atomic E-state index is 11.9. The summed E-state index contributed by atoms with van der Waals surface area (Å²) in [6.45, 7) is 2.53.